The first-order chi connectivity index (χ1) is 13.7. The van der Waals surface area contributed by atoms with Gasteiger partial charge in [0.25, 0.3) is 11.1 Å². The van der Waals surface area contributed by atoms with Crippen LogP contribution in [0.25, 0.3) is 22.4 Å². The first kappa shape index (κ1) is 18.5. The normalized spacial score (nSPS) is 15.1. The molecule has 0 spiro atoms. The summed E-state index contributed by atoms with van der Waals surface area (Å²) in [6.07, 6.45) is 3.10. The van der Waals surface area contributed by atoms with Crippen molar-refractivity contribution in [3.05, 3.63) is 30.5 Å². The van der Waals surface area contributed by atoms with Crippen LogP contribution < -0.4 is 0 Å². The van der Waals surface area contributed by atoms with Crippen LogP contribution in [0.2, 0.25) is 0 Å². The highest BCUT2D eigenvalue weighted by Crippen LogP contribution is 2.29. The molecule has 28 heavy (non-hydrogen) atoms. The number of H-pyrrole nitrogens is 1. The van der Waals surface area contributed by atoms with E-state index in [2.05, 4.69) is 15.2 Å². The van der Waals surface area contributed by atoms with E-state index >= 15 is 0 Å². The zero-order valence-electron chi connectivity index (χ0n) is 15.4. The maximum absolute atomic E-state index is 12.4. The molecule has 1 amide bonds. The minimum atomic E-state index is -0.197. The Morgan fingerprint density at radius 3 is 2.86 bits per heavy atom. The third-order valence-electron chi connectivity index (χ3n) is 4.93. The quantitative estimate of drug-likeness (QED) is 0.519. The van der Waals surface area contributed by atoms with Crippen LogP contribution in [0.1, 0.15) is 12.8 Å². The topological polar surface area (TPSA) is 101 Å². The van der Waals surface area contributed by atoms with E-state index in [0.29, 0.717) is 37.0 Å². The largest absolute Gasteiger partial charge is 0.469 e. The Kier molecular flexibility index (Phi) is 5.34. The Morgan fingerprint density at radius 1 is 1.29 bits per heavy atom. The molecule has 4 rings (SSSR count). The van der Waals surface area contributed by atoms with Gasteiger partial charge in [0, 0.05) is 30.2 Å². The molecule has 3 aromatic rings. The number of methoxy groups -OCH3 is 1. The van der Waals surface area contributed by atoms with Crippen molar-refractivity contribution in [3.63, 3.8) is 0 Å². The Balaban J connectivity index is 1.34. The highest BCUT2D eigenvalue weighted by atomic mass is 32.2. The van der Waals surface area contributed by atoms with Crippen molar-refractivity contribution in [1.82, 2.24) is 20.1 Å². The molecule has 8 nitrogen and oxygen atoms in total. The maximum atomic E-state index is 12.4. The van der Waals surface area contributed by atoms with Gasteiger partial charge < -0.3 is 19.0 Å². The number of thioether (sulfide) groups is 1. The summed E-state index contributed by atoms with van der Waals surface area (Å²) in [5.41, 5.74) is 1.83. The molecule has 3 heterocycles. The van der Waals surface area contributed by atoms with E-state index in [1.165, 1.54) is 18.9 Å². The van der Waals surface area contributed by atoms with Crippen molar-refractivity contribution in [3.8, 4) is 11.5 Å². The number of aromatic amines is 1. The van der Waals surface area contributed by atoms with Crippen LogP contribution in [-0.4, -0.2) is 57.9 Å². The lowest BCUT2D eigenvalue weighted by Crippen LogP contribution is -2.41. The van der Waals surface area contributed by atoms with Gasteiger partial charge in [0.2, 0.25) is 5.91 Å². The Morgan fingerprint density at radius 2 is 2.07 bits per heavy atom. The summed E-state index contributed by atoms with van der Waals surface area (Å²) in [4.78, 5) is 28.9. The van der Waals surface area contributed by atoms with Crippen molar-refractivity contribution >= 4 is 34.5 Å². The van der Waals surface area contributed by atoms with Gasteiger partial charge in [-0.25, -0.2) is 0 Å². The van der Waals surface area contributed by atoms with Crippen molar-refractivity contribution in [2.75, 3.05) is 26.0 Å². The highest BCUT2D eigenvalue weighted by Gasteiger charge is 2.28. The summed E-state index contributed by atoms with van der Waals surface area (Å²) in [6, 6.07) is 7.87. The van der Waals surface area contributed by atoms with Gasteiger partial charge >= 0.3 is 5.97 Å². The Bertz CT molecular complexity index is 991. The SMILES string of the molecule is COC(=O)C1CCN(C(=O)CSc2nnc(-c3c[nH]c4ccccc34)o2)CC1. The van der Waals surface area contributed by atoms with Gasteiger partial charge in [-0.15, -0.1) is 10.2 Å². The average molecular weight is 400 g/mol. The summed E-state index contributed by atoms with van der Waals surface area (Å²) < 4.78 is 10.5. The van der Waals surface area contributed by atoms with Crippen LogP contribution in [0.3, 0.4) is 0 Å². The molecule has 0 aliphatic carbocycles. The molecule has 9 heteroatoms. The number of para-hydroxylation sites is 1. The van der Waals surface area contributed by atoms with Crippen LogP contribution in [0.15, 0.2) is 40.1 Å². The summed E-state index contributed by atoms with van der Waals surface area (Å²) in [6.45, 7) is 1.12. The fourth-order valence-corrected chi connectivity index (χ4v) is 4.04. The third-order valence-corrected chi connectivity index (χ3v) is 5.73. The number of fused-ring (bicyclic) bond motifs is 1. The number of nitrogens with one attached hydrogen (secondary N) is 1. The molecule has 1 aromatic carbocycles. The van der Waals surface area contributed by atoms with E-state index in [-0.39, 0.29) is 23.5 Å². The van der Waals surface area contributed by atoms with Crippen molar-refractivity contribution in [2.45, 2.75) is 18.1 Å². The van der Waals surface area contributed by atoms with Crippen molar-refractivity contribution < 1.29 is 18.7 Å². The standard InChI is InChI=1S/C19H20N4O4S/c1-26-18(25)12-6-8-23(9-7-12)16(24)11-28-19-22-21-17(27-19)14-10-20-15-5-3-2-4-13(14)15/h2-5,10,12,20H,6-9,11H2,1H3. The van der Waals surface area contributed by atoms with Gasteiger partial charge in [0.05, 0.1) is 24.3 Å². The van der Waals surface area contributed by atoms with Gasteiger partial charge in [-0.05, 0) is 18.9 Å². The number of nitrogens with zero attached hydrogens (tertiary/aromatic N) is 3. The predicted octanol–water partition coefficient (Wildman–Crippen LogP) is 2.72. The van der Waals surface area contributed by atoms with Gasteiger partial charge in [0.15, 0.2) is 0 Å². The number of rotatable bonds is 5. The van der Waals surface area contributed by atoms with Gasteiger partial charge in [-0.2, -0.15) is 0 Å². The molecule has 1 aliphatic rings. The lowest BCUT2D eigenvalue weighted by Gasteiger charge is -2.30. The molecular formula is C19H20N4O4S. The van der Waals surface area contributed by atoms with E-state index in [0.717, 1.165) is 16.5 Å². The summed E-state index contributed by atoms with van der Waals surface area (Å²) in [7, 11) is 1.39. The number of hydrogen-bond acceptors (Lipinski definition) is 7. The smallest absolute Gasteiger partial charge is 0.308 e. The van der Waals surface area contributed by atoms with Crippen molar-refractivity contribution in [1.29, 1.82) is 0 Å². The maximum Gasteiger partial charge on any atom is 0.308 e. The molecule has 1 fully saturated rings. The number of piperidine rings is 1. The summed E-state index contributed by atoms with van der Waals surface area (Å²) in [5, 5.41) is 9.51. The van der Waals surface area contributed by atoms with Crippen LogP contribution in [0.5, 0.6) is 0 Å². The van der Waals surface area contributed by atoms with Crippen LogP contribution in [-0.2, 0) is 14.3 Å². The Hall–Kier alpha value is -2.81. The van der Waals surface area contributed by atoms with Crippen LogP contribution in [0, 0.1) is 5.92 Å². The molecule has 1 aliphatic heterocycles. The van der Waals surface area contributed by atoms with Gasteiger partial charge in [-0.3, -0.25) is 9.59 Å². The molecule has 146 valence electrons. The van der Waals surface area contributed by atoms with Crippen LogP contribution in [0.4, 0.5) is 0 Å². The first-order valence-electron chi connectivity index (χ1n) is 9.04. The Labute approximate surface area is 165 Å². The summed E-state index contributed by atoms with van der Waals surface area (Å²) in [5.74, 6) is 0.332. The minimum absolute atomic E-state index is 0.000148. The molecular weight excluding hydrogens is 380 g/mol. The monoisotopic (exact) mass is 400 g/mol. The van der Waals surface area contributed by atoms with Crippen molar-refractivity contribution in [2.24, 2.45) is 5.92 Å². The van der Waals surface area contributed by atoms with E-state index in [1.807, 2.05) is 30.5 Å². The van der Waals surface area contributed by atoms with Gasteiger partial charge in [0.1, 0.15) is 0 Å². The number of esters is 1. The number of benzene rings is 1. The number of amides is 1. The lowest BCUT2D eigenvalue weighted by molar-refractivity contribution is -0.148. The van der Waals surface area contributed by atoms with E-state index in [9.17, 15) is 9.59 Å². The average Bonchev–Trinajstić information content (AvgIpc) is 3.38. The lowest BCUT2D eigenvalue weighted by atomic mass is 9.97. The molecule has 0 atom stereocenters. The second kappa shape index (κ2) is 8.05. The summed E-state index contributed by atoms with van der Waals surface area (Å²) >= 11 is 1.22. The molecule has 1 saturated heterocycles. The minimum Gasteiger partial charge on any atom is -0.469 e. The van der Waals surface area contributed by atoms with Gasteiger partial charge in [-0.1, -0.05) is 30.0 Å². The fraction of sp³-hybridized carbons (Fsp3) is 0.368. The second-order valence-electron chi connectivity index (χ2n) is 6.59. The fourth-order valence-electron chi connectivity index (χ4n) is 3.37. The second-order valence-corrected chi connectivity index (χ2v) is 7.51. The molecule has 0 bridgehead atoms. The number of carbonyl (C=O) groups excluding carboxylic acids is 2. The third kappa shape index (κ3) is 3.75. The number of hydrogen-bond donors (Lipinski definition) is 1. The number of carbonyl (C=O) groups is 2. The zero-order valence-corrected chi connectivity index (χ0v) is 16.2. The number of aromatic nitrogens is 3. The predicted molar refractivity (Wildman–Crippen MR) is 104 cm³/mol. The van der Waals surface area contributed by atoms with E-state index in [4.69, 9.17) is 9.15 Å². The molecule has 0 unspecified atom stereocenters. The number of ether oxygens (including phenoxy) is 1. The number of likely N-dealkylation sites (tertiary alicyclic amines) is 1. The highest BCUT2D eigenvalue weighted by molar-refractivity contribution is 7.99. The van der Waals surface area contributed by atoms with E-state index < -0.39 is 0 Å². The molecule has 1 N–H and O–H groups in total. The molecule has 0 saturated carbocycles. The van der Waals surface area contributed by atoms with Crippen LogP contribution >= 0.6 is 11.8 Å². The van der Waals surface area contributed by atoms with E-state index in [1.54, 1.807) is 4.90 Å². The molecule has 2 aromatic heterocycles. The zero-order chi connectivity index (χ0) is 19.5. The first-order valence-corrected chi connectivity index (χ1v) is 10.0. The molecule has 0 radical (unpaired) electrons.